The molecule has 0 radical (unpaired) electrons. The lowest BCUT2D eigenvalue weighted by Gasteiger charge is -1.94. The standard InChI is InChI=1S/C9H10ClNO2S2/c1-6(2)4-7(3)9-11-5-8(14-9)15(10,12)13/h4-5H,1H2,2-3H3/b7-4+. The Balaban J connectivity index is 3.10. The van der Waals surface area contributed by atoms with Crippen molar-refractivity contribution in [1.29, 1.82) is 0 Å². The third kappa shape index (κ3) is 3.44. The molecule has 0 spiro atoms. The quantitative estimate of drug-likeness (QED) is 0.622. The van der Waals surface area contributed by atoms with Gasteiger partial charge in [0.05, 0.1) is 6.20 Å². The van der Waals surface area contributed by atoms with Crippen LogP contribution in [0.3, 0.4) is 0 Å². The summed E-state index contributed by atoms with van der Waals surface area (Å²) in [5.74, 6) is 0. The van der Waals surface area contributed by atoms with E-state index in [-0.39, 0.29) is 4.21 Å². The van der Waals surface area contributed by atoms with E-state index in [2.05, 4.69) is 11.6 Å². The molecule has 0 aromatic carbocycles. The number of hydrogen-bond acceptors (Lipinski definition) is 4. The first kappa shape index (κ1) is 12.4. The number of rotatable bonds is 3. The lowest BCUT2D eigenvalue weighted by molar-refractivity contribution is 0.611. The Kier molecular flexibility index (Phi) is 3.70. The average Bonchev–Trinajstić information content (AvgIpc) is 2.48. The first-order valence-electron chi connectivity index (χ1n) is 4.05. The van der Waals surface area contributed by atoms with Crippen molar-refractivity contribution in [2.45, 2.75) is 18.1 Å². The fourth-order valence-electron chi connectivity index (χ4n) is 0.986. The van der Waals surface area contributed by atoms with Gasteiger partial charge < -0.3 is 0 Å². The van der Waals surface area contributed by atoms with Gasteiger partial charge in [0.1, 0.15) is 5.01 Å². The van der Waals surface area contributed by atoms with Gasteiger partial charge in [0.15, 0.2) is 4.21 Å². The number of nitrogens with zero attached hydrogens (tertiary/aromatic N) is 1. The maximum atomic E-state index is 11.0. The SMILES string of the molecule is C=C(C)/C=C(\C)c1ncc(S(=O)(=O)Cl)s1. The van der Waals surface area contributed by atoms with Crippen LogP contribution in [0.4, 0.5) is 0 Å². The van der Waals surface area contributed by atoms with Crippen molar-refractivity contribution in [3.8, 4) is 0 Å². The molecule has 15 heavy (non-hydrogen) atoms. The van der Waals surface area contributed by atoms with Gasteiger partial charge >= 0.3 is 0 Å². The Bertz CT molecular complexity index is 514. The fraction of sp³-hybridized carbons (Fsp3) is 0.222. The Morgan fingerprint density at radius 2 is 2.20 bits per heavy atom. The Hall–Kier alpha value is -0.650. The number of hydrogen-bond donors (Lipinski definition) is 0. The third-order valence-electron chi connectivity index (χ3n) is 1.53. The van der Waals surface area contributed by atoms with Crippen LogP contribution in [0.15, 0.2) is 28.6 Å². The van der Waals surface area contributed by atoms with Crippen LogP contribution >= 0.6 is 22.0 Å². The molecule has 0 fully saturated rings. The van der Waals surface area contributed by atoms with E-state index in [0.717, 1.165) is 22.5 Å². The highest BCUT2D eigenvalue weighted by Gasteiger charge is 2.14. The van der Waals surface area contributed by atoms with Gasteiger partial charge in [-0.3, -0.25) is 0 Å². The van der Waals surface area contributed by atoms with Gasteiger partial charge in [-0.05, 0) is 19.4 Å². The molecule has 0 aliphatic carbocycles. The van der Waals surface area contributed by atoms with Crippen molar-refractivity contribution in [1.82, 2.24) is 4.98 Å². The van der Waals surface area contributed by atoms with Crippen LogP contribution in [-0.2, 0) is 9.05 Å². The van der Waals surface area contributed by atoms with Crippen molar-refractivity contribution in [3.05, 3.63) is 29.4 Å². The molecule has 0 bridgehead atoms. The van der Waals surface area contributed by atoms with Crippen molar-refractivity contribution >= 4 is 36.6 Å². The summed E-state index contributed by atoms with van der Waals surface area (Å²) >= 11 is 1.05. The molecule has 0 N–H and O–H groups in total. The molecule has 3 nitrogen and oxygen atoms in total. The van der Waals surface area contributed by atoms with Gasteiger partial charge in [-0.2, -0.15) is 0 Å². The smallest absolute Gasteiger partial charge is 0.243 e. The zero-order chi connectivity index (χ0) is 11.6. The predicted molar refractivity (Wildman–Crippen MR) is 63.6 cm³/mol. The molecule has 0 unspecified atom stereocenters. The monoisotopic (exact) mass is 263 g/mol. The molecule has 0 atom stereocenters. The van der Waals surface area contributed by atoms with Crippen molar-refractivity contribution in [3.63, 3.8) is 0 Å². The summed E-state index contributed by atoms with van der Waals surface area (Å²) in [7, 11) is 1.52. The summed E-state index contributed by atoms with van der Waals surface area (Å²) in [6.07, 6.45) is 3.10. The zero-order valence-corrected chi connectivity index (χ0v) is 10.7. The van der Waals surface area contributed by atoms with E-state index < -0.39 is 9.05 Å². The van der Waals surface area contributed by atoms with Gasteiger partial charge in [-0.25, -0.2) is 13.4 Å². The molecule has 0 amide bonds. The van der Waals surface area contributed by atoms with Crippen LogP contribution in [0.2, 0.25) is 0 Å². The highest BCUT2D eigenvalue weighted by Crippen LogP contribution is 2.27. The summed E-state index contributed by atoms with van der Waals surface area (Å²) in [4.78, 5) is 3.98. The molecule has 0 saturated carbocycles. The van der Waals surface area contributed by atoms with E-state index in [1.165, 1.54) is 6.20 Å². The number of halogens is 1. The van der Waals surface area contributed by atoms with Gasteiger partial charge in [0, 0.05) is 10.7 Å². The number of allylic oxidation sites excluding steroid dienone is 3. The van der Waals surface area contributed by atoms with E-state index in [0.29, 0.717) is 5.01 Å². The summed E-state index contributed by atoms with van der Waals surface area (Å²) in [6, 6.07) is 0. The minimum Gasteiger partial charge on any atom is -0.243 e. The molecule has 0 aliphatic rings. The van der Waals surface area contributed by atoms with Crippen LogP contribution in [0.25, 0.3) is 5.57 Å². The van der Waals surface area contributed by atoms with Crippen LogP contribution in [0.1, 0.15) is 18.9 Å². The first-order chi connectivity index (χ1) is 6.80. The zero-order valence-electron chi connectivity index (χ0n) is 8.32. The maximum absolute atomic E-state index is 11.0. The third-order valence-corrected chi connectivity index (χ3v) is 4.72. The van der Waals surface area contributed by atoms with E-state index in [4.69, 9.17) is 10.7 Å². The van der Waals surface area contributed by atoms with Crippen LogP contribution < -0.4 is 0 Å². The molecular formula is C9H10ClNO2S2. The van der Waals surface area contributed by atoms with Crippen LogP contribution in [0, 0.1) is 0 Å². The van der Waals surface area contributed by atoms with E-state index in [9.17, 15) is 8.42 Å². The lowest BCUT2D eigenvalue weighted by Crippen LogP contribution is -1.83. The summed E-state index contributed by atoms with van der Waals surface area (Å²) < 4.78 is 22.0. The molecule has 0 aliphatic heterocycles. The molecule has 1 heterocycles. The number of aromatic nitrogens is 1. The predicted octanol–water partition coefficient (Wildman–Crippen LogP) is 3.05. The van der Waals surface area contributed by atoms with Crippen molar-refractivity contribution < 1.29 is 8.42 Å². The van der Waals surface area contributed by atoms with Gasteiger partial charge in [0.2, 0.25) is 0 Å². The van der Waals surface area contributed by atoms with Crippen molar-refractivity contribution in [2.24, 2.45) is 0 Å². The van der Waals surface area contributed by atoms with Crippen LogP contribution in [-0.4, -0.2) is 13.4 Å². The lowest BCUT2D eigenvalue weighted by atomic mass is 10.2. The summed E-state index contributed by atoms with van der Waals surface area (Å²) in [6.45, 7) is 7.44. The second kappa shape index (κ2) is 4.47. The second-order valence-corrected chi connectivity index (χ2v) is 6.92. The minimum absolute atomic E-state index is 0.0635. The summed E-state index contributed by atoms with van der Waals surface area (Å²) in [5, 5.41) is 0.636. The second-order valence-electron chi connectivity index (χ2n) is 3.10. The summed E-state index contributed by atoms with van der Waals surface area (Å²) in [5.41, 5.74) is 1.76. The molecule has 1 rings (SSSR count). The normalized spacial score (nSPS) is 12.9. The Morgan fingerprint density at radius 3 is 2.60 bits per heavy atom. The van der Waals surface area contributed by atoms with Gasteiger partial charge in [0.25, 0.3) is 9.05 Å². The van der Waals surface area contributed by atoms with Crippen molar-refractivity contribution in [2.75, 3.05) is 0 Å². The van der Waals surface area contributed by atoms with Crippen LogP contribution in [0.5, 0.6) is 0 Å². The Labute approximate surface area is 97.5 Å². The molecular weight excluding hydrogens is 254 g/mol. The highest BCUT2D eigenvalue weighted by molar-refractivity contribution is 8.15. The van der Waals surface area contributed by atoms with E-state index in [1.54, 1.807) is 0 Å². The van der Waals surface area contributed by atoms with Gasteiger partial charge in [-0.15, -0.1) is 11.3 Å². The molecule has 1 aromatic heterocycles. The van der Waals surface area contributed by atoms with E-state index in [1.807, 2.05) is 19.9 Å². The minimum atomic E-state index is -3.67. The molecule has 6 heteroatoms. The molecule has 1 aromatic rings. The largest absolute Gasteiger partial charge is 0.272 e. The molecule has 0 saturated heterocycles. The van der Waals surface area contributed by atoms with E-state index >= 15 is 0 Å². The Morgan fingerprint density at radius 1 is 1.60 bits per heavy atom. The highest BCUT2D eigenvalue weighted by atomic mass is 35.7. The first-order valence-corrected chi connectivity index (χ1v) is 7.18. The average molecular weight is 264 g/mol. The number of thiazole rings is 1. The van der Waals surface area contributed by atoms with Gasteiger partial charge in [-0.1, -0.05) is 18.2 Å². The molecule has 82 valence electrons. The topological polar surface area (TPSA) is 47.0 Å². The maximum Gasteiger partial charge on any atom is 0.272 e. The fourth-order valence-corrected chi connectivity index (χ4v) is 2.82.